The number of nitrogens with two attached hydrogens (primary N) is 1. The van der Waals surface area contributed by atoms with Gasteiger partial charge < -0.3 is 10.6 Å². The highest BCUT2D eigenvalue weighted by atomic mass is 16.2. The average molecular weight is 212 g/mol. The maximum Gasteiger partial charge on any atom is 0.250 e. The zero-order chi connectivity index (χ0) is 11.7. The van der Waals surface area contributed by atoms with Gasteiger partial charge in [0.05, 0.1) is 0 Å². The van der Waals surface area contributed by atoms with Gasteiger partial charge in [0.15, 0.2) is 0 Å². The van der Waals surface area contributed by atoms with E-state index in [2.05, 4.69) is 20.4 Å². The van der Waals surface area contributed by atoms with E-state index in [0.29, 0.717) is 5.57 Å². The van der Waals surface area contributed by atoms with Gasteiger partial charge in [0.2, 0.25) is 5.91 Å². The quantitative estimate of drug-likeness (QED) is 0.625. The van der Waals surface area contributed by atoms with Crippen LogP contribution in [0.15, 0.2) is 12.2 Å². The van der Waals surface area contributed by atoms with E-state index in [4.69, 9.17) is 5.73 Å². The van der Waals surface area contributed by atoms with Gasteiger partial charge in [-0.15, -0.1) is 0 Å². The summed E-state index contributed by atoms with van der Waals surface area (Å²) in [5.41, 5.74) is 5.94. The van der Waals surface area contributed by atoms with Gasteiger partial charge in [0.1, 0.15) is 0 Å². The normalized spacial score (nSPS) is 10.1. The number of hydrogen-bond donors (Lipinski definition) is 1. The maximum atomic E-state index is 11.8. The van der Waals surface area contributed by atoms with Crippen LogP contribution in [0.2, 0.25) is 0 Å². The van der Waals surface area contributed by atoms with E-state index in [0.717, 1.165) is 38.8 Å². The van der Waals surface area contributed by atoms with E-state index in [-0.39, 0.29) is 12.5 Å². The van der Waals surface area contributed by atoms with E-state index < -0.39 is 0 Å². The van der Waals surface area contributed by atoms with Crippen LogP contribution in [-0.2, 0) is 4.79 Å². The predicted octanol–water partition coefficient (Wildman–Crippen LogP) is 1.93. The number of hydrogen-bond acceptors (Lipinski definition) is 2. The van der Waals surface area contributed by atoms with Crippen LogP contribution in [-0.4, -0.2) is 30.4 Å². The second kappa shape index (κ2) is 8.48. The maximum absolute atomic E-state index is 11.8. The molecule has 0 radical (unpaired) electrons. The van der Waals surface area contributed by atoms with Gasteiger partial charge >= 0.3 is 0 Å². The van der Waals surface area contributed by atoms with Crippen LogP contribution < -0.4 is 5.73 Å². The number of amides is 1. The molecule has 0 saturated heterocycles. The molecule has 2 N–H and O–H groups in total. The van der Waals surface area contributed by atoms with Crippen molar-refractivity contribution in [3.63, 3.8) is 0 Å². The fourth-order valence-corrected chi connectivity index (χ4v) is 1.32. The lowest BCUT2D eigenvalue weighted by Crippen LogP contribution is -2.35. The van der Waals surface area contributed by atoms with Crippen molar-refractivity contribution in [1.82, 2.24) is 4.90 Å². The topological polar surface area (TPSA) is 46.3 Å². The molecule has 0 aromatic heterocycles. The molecule has 0 aromatic rings. The van der Waals surface area contributed by atoms with Crippen molar-refractivity contribution in [3.8, 4) is 0 Å². The van der Waals surface area contributed by atoms with Crippen molar-refractivity contribution >= 4 is 5.91 Å². The van der Waals surface area contributed by atoms with Crippen LogP contribution >= 0.6 is 0 Å². The molecule has 0 aliphatic rings. The molecule has 3 heteroatoms. The Bertz CT molecular complexity index is 194. The largest absolute Gasteiger partial charge is 0.339 e. The Kier molecular flexibility index (Phi) is 8.01. The van der Waals surface area contributed by atoms with Gasteiger partial charge in [-0.2, -0.15) is 0 Å². The second-order valence-corrected chi connectivity index (χ2v) is 3.81. The second-order valence-electron chi connectivity index (χ2n) is 3.81. The van der Waals surface area contributed by atoms with Crippen molar-refractivity contribution in [2.24, 2.45) is 5.73 Å². The summed E-state index contributed by atoms with van der Waals surface area (Å²) in [5.74, 6) is 0.0272. The first-order chi connectivity index (χ1) is 7.17. The third kappa shape index (κ3) is 5.57. The summed E-state index contributed by atoms with van der Waals surface area (Å²) in [6, 6.07) is 0. The number of nitrogens with zero attached hydrogens (tertiary/aromatic N) is 1. The number of rotatable bonds is 8. The van der Waals surface area contributed by atoms with Crippen LogP contribution in [0.5, 0.6) is 0 Å². The molecular weight excluding hydrogens is 188 g/mol. The zero-order valence-corrected chi connectivity index (χ0v) is 10.1. The summed E-state index contributed by atoms with van der Waals surface area (Å²) in [4.78, 5) is 13.7. The van der Waals surface area contributed by atoms with Gasteiger partial charge in [-0.05, 0) is 12.8 Å². The van der Waals surface area contributed by atoms with Gasteiger partial charge in [-0.1, -0.05) is 33.3 Å². The molecule has 88 valence electrons. The summed E-state index contributed by atoms with van der Waals surface area (Å²) in [7, 11) is 0. The molecule has 0 aliphatic carbocycles. The van der Waals surface area contributed by atoms with Crippen LogP contribution in [0.3, 0.4) is 0 Å². The van der Waals surface area contributed by atoms with Gasteiger partial charge in [-0.3, -0.25) is 4.79 Å². The number of carbonyl (C=O) groups is 1. The standard InChI is InChI=1S/C12H24N2O/c1-4-6-8-14(9-7-5-2)12(15)11(3)10-13/h3-10,13H2,1-2H3. The molecule has 0 unspecified atom stereocenters. The van der Waals surface area contributed by atoms with Gasteiger partial charge in [0.25, 0.3) is 0 Å². The predicted molar refractivity (Wildman–Crippen MR) is 64.6 cm³/mol. The molecule has 0 rings (SSSR count). The molecule has 0 heterocycles. The van der Waals surface area contributed by atoms with Crippen LogP contribution in [0, 0.1) is 0 Å². The van der Waals surface area contributed by atoms with Crippen molar-refractivity contribution in [2.75, 3.05) is 19.6 Å². The van der Waals surface area contributed by atoms with Crippen molar-refractivity contribution in [2.45, 2.75) is 39.5 Å². The lowest BCUT2D eigenvalue weighted by atomic mass is 10.2. The van der Waals surface area contributed by atoms with Crippen molar-refractivity contribution < 1.29 is 4.79 Å². The molecule has 1 amide bonds. The lowest BCUT2D eigenvalue weighted by Gasteiger charge is -2.23. The molecule has 0 fully saturated rings. The van der Waals surface area contributed by atoms with E-state index in [1.165, 1.54) is 0 Å². The monoisotopic (exact) mass is 212 g/mol. The highest BCUT2D eigenvalue weighted by molar-refractivity contribution is 5.93. The van der Waals surface area contributed by atoms with Crippen molar-refractivity contribution in [3.05, 3.63) is 12.2 Å². The Labute approximate surface area is 93.3 Å². The molecule has 0 aliphatic heterocycles. The minimum Gasteiger partial charge on any atom is -0.339 e. The minimum atomic E-state index is 0.0272. The third-order valence-electron chi connectivity index (χ3n) is 2.40. The molecule has 0 spiro atoms. The fraction of sp³-hybridized carbons (Fsp3) is 0.750. The van der Waals surface area contributed by atoms with Crippen LogP contribution in [0.4, 0.5) is 0 Å². The molecule has 0 saturated carbocycles. The summed E-state index contributed by atoms with van der Waals surface area (Å²) in [6.07, 6.45) is 4.30. The number of unbranched alkanes of at least 4 members (excludes halogenated alkanes) is 2. The van der Waals surface area contributed by atoms with Gasteiger partial charge in [-0.25, -0.2) is 0 Å². The minimum absolute atomic E-state index is 0.0272. The van der Waals surface area contributed by atoms with E-state index in [1.54, 1.807) is 0 Å². The van der Waals surface area contributed by atoms with Crippen LogP contribution in [0.1, 0.15) is 39.5 Å². The van der Waals surface area contributed by atoms with E-state index >= 15 is 0 Å². The van der Waals surface area contributed by atoms with Crippen molar-refractivity contribution in [1.29, 1.82) is 0 Å². The summed E-state index contributed by atoms with van der Waals surface area (Å²) in [5, 5.41) is 0. The van der Waals surface area contributed by atoms with Gasteiger partial charge in [0, 0.05) is 25.2 Å². The molecule has 15 heavy (non-hydrogen) atoms. The van der Waals surface area contributed by atoms with E-state index in [1.807, 2.05) is 4.90 Å². The van der Waals surface area contributed by atoms with Crippen LogP contribution in [0.25, 0.3) is 0 Å². The molecule has 3 nitrogen and oxygen atoms in total. The SMILES string of the molecule is C=C(CN)C(=O)N(CCCC)CCCC. The fourth-order valence-electron chi connectivity index (χ4n) is 1.32. The van der Waals surface area contributed by atoms with E-state index in [9.17, 15) is 4.79 Å². The first-order valence-electron chi connectivity index (χ1n) is 5.84. The highest BCUT2D eigenvalue weighted by Gasteiger charge is 2.14. The summed E-state index contributed by atoms with van der Waals surface area (Å²) in [6.45, 7) is 9.86. The zero-order valence-electron chi connectivity index (χ0n) is 10.1. The molecule has 0 aromatic carbocycles. The first kappa shape index (κ1) is 14.2. The summed E-state index contributed by atoms with van der Waals surface area (Å²) < 4.78 is 0. The Morgan fingerprint density at radius 1 is 1.20 bits per heavy atom. The first-order valence-corrected chi connectivity index (χ1v) is 5.84. The lowest BCUT2D eigenvalue weighted by molar-refractivity contribution is -0.127. The Balaban J connectivity index is 4.19. The molecule has 0 bridgehead atoms. The highest BCUT2D eigenvalue weighted by Crippen LogP contribution is 2.04. The molecule has 0 atom stereocenters. The third-order valence-corrected chi connectivity index (χ3v) is 2.40. The smallest absolute Gasteiger partial charge is 0.250 e. The summed E-state index contributed by atoms with van der Waals surface area (Å²) >= 11 is 0. The average Bonchev–Trinajstić information content (AvgIpc) is 2.27. The Morgan fingerprint density at radius 2 is 1.67 bits per heavy atom. The Morgan fingerprint density at radius 3 is 2.00 bits per heavy atom. The Hall–Kier alpha value is -0.830. The number of carbonyl (C=O) groups excluding carboxylic acids is 1. The molecular formula is C12H24N2O.